The van der Waals surface area contributed by atoms with Gasteiger partial charge in [0.25, 0.3) is 0 Å². The van der Waals surface area contributed by atoms with Gasteiger partial charge in [-0.05, 0) is 29.8 Å². The average molecular weight is 373 g/mol. The number of carbonyl (C=O) groups is 2. The zero-order valence-corrected chi connectivity index (χ0v) is 15.3. The van der Waals surface area contributed by atoms with E-state index in [1.165, 1.54) is 0 Å². The number of carboxylic acids is 1. The van der Waals surface area contributed by atoms with E-state index in [2.05, 4.69) is 5.32 Å². The van der Waals surface area contributed by atoms with E-state index in [1.807, 2.05) is 12.1 Å². The third kappa shape index (κ3) is 6.22. The van der Waals surface area contributed by atoms with E-state index in [0.29, 0.717) is 22.8 Å². The summed E-state index contributed by atoms with van der Waals surface area (Å²) in [4.78, 5) is 23.4. The summed E-state index contributed by atoms with van der Waals surface area (Å²) in [6, 6.07) is 13.4. The number of rotatable bonds is 10. The van der Waals surface area contributed by atoms with Crippen molar-refractivity contribution in [1.82, 2.24) is 5.32 Å². The Bertz CT molecular complexity index is 759. The predicted octanol–water partition coefficient (Wildman–Crippen LogP) is 2.80. The molecule has 2 rings (SSSR count). The molecule has 0 spiro atoms. The van der Waals surface area contributed by atoms with Gasteiger partial charge in [0.2, 0.25) is 5.91 Å². The lowest BCUT2D eigenvalue weighted by Gasteiger charge is -2.18. The van der Waals surface area contributed by atoms with Gasteiger partial charge < -0.3 is 24.6 Å². The normalized spacial score (nSPS) is 11.3. The molecule has 0 radical (unpaired) electrons. The first-order chi connectivity index (χ1) is 13.0. The number of para-hydroxylation sites is 2. The van der Waals surface area contributed by atoms with Crippen molar-refractivity contribution >= 4 is 11.9 Å². The molecule has 0 heterocycles. The van der Waals surface area contributed by atoms with Crippen molar-refractivity contribution in [1.29, 1.82) is 0 Å². The van der Waals surface area contributed by atoms with Gasteiger partial charge in [0.15, 0.2) is 11.5 Å². The molecule has 0 aromatic heterocycles. The molecule has 1 amide bonds. The lowest BCUT2D eigenvalue weighted by molar-refractivity contribution is -0.137. The first-order valence-corrected chi connectivity index (χ1v) is 8.44. The number of methoxy groups -OCH3 is 2. The van der Waals surface area contributed by atoms with Crippen LogP contribution in [0.2, 0.25) is 0 Å². The van der Waals surface area contributed by atoms with Gasteiger partial charge in [0.05, 0.1) is 39.7 Å². The Morgan fingerprint density at radius 3 is 2.26 bits per heavy atom. The van der Waals surface area contributed by atoms with Crippen LogP contribution in [0, 0.1) is 0 Å². The Kier molecular flexibility index (Phi) is 7.49. The van der Waals surface area contributed by atoms with Crippen LogP contribution >= 0.6 is 0 Å². The van der Waals surface area contributed by atoms with Gasteiger partial charge in [-0.25, -0.2) is 0 Å². The molecule has 0 saturated carbocycles. The smallest absolute Gasteiger partial charge is 0.305 e. The fraction of sp³-hybridized carbons (Fsp3) is 0.300. The van der Waals surface area contributed by atoms with Gasteiger partial charge in [-0.2, -0.15) is 0 Å². The second-order valence-electron chi connectivity index (χ2n) is 5.74. The van der Waals surface area contributed by atoms with Crippen molar-refractivity contribution in [3.05, 3.63) is 54.1 Å². The maximum atomic E-state index is 12.2. The van der Waals surface area contributed by atoms with E-state index in [9.17, 15) is 9.59 Å². The van der Waals surface area contributed by atoms with Crippen LogP contribution in [0.25, 0.3) is 0 Å². The van der Waals surface area contributed by atoms with Crippen molar-refractivity contribution < 1.29 is 28.9 Å². The van der Waals surface area contributed by atoms with Crippen LogP contribution in [-0.2, 0) is 9.59 Å². The van der Waals surface area contributed by atoms with Crippen LogP contribution in [0.5, 0.6) is 17.2 Å². The van der Waals surface area contributed by atoms with Crippen LogP contribution in [0.15, 0.2) is 48.5 Å². The molecule has 2 aromatic carbocycles. The number of carbonyl (C=O) groups excluding carboxylic acids is 1. The fourth-order valence-corrected chi connectivity index (χ4v) is 2.52. The topological polar surface area (TPSA) is 94.1 Å². The molecule has 0 aliphatic heterocycles. The van der Waals surface area contributed by atoms with Gasteiger partial charge in [0, 0.05) is 0 Å². The molecule has 2 aromatic rings. The Balaban J connectivity index is 1.93. The fourth-order valence-electron chi connectivity index (χ4n) is 2.52. The number of hydrogen-bond acceptors (Lipinski definition) is 5. The first kappa shape index (κ1) is 20.1. The number of aliphatic carboxylic acids is 1. The second kappa shape index (κ2) is 10.1. The van der Waals surface area contributed by atoms with Crippen LogP contribution in [0.3, 0.4) is 0 Å². The average Bonchev–Trinajstić information content (AvgIpc) is 2.67. The highest BCUT2D eigenvalue weighted by Gasteiger charge is 2.18. The molecule has 1 unspecified atom stereocenters. The van der Waals surface area contributed by atoms with Gasteiger partial charge in [0.1, 0.15) is 5.75 Å². The molecule has 0 bridgehead atoms. The summed E-state index contributed by atoms with van der Waals surface area (Å²) in [5, 5.41) is 11.9. The highest BCUT2D eigenvalue weighted by Crippen LogP contribution is 2.26. The minimum absolute atomic E-state index is 0.0876. The Labute approximate surface area is 157 Å². The summed E-state index contributed by atoms with van der Waals surface area (Å²) in [6.07, 6.45) is -0.129. The summed E-state index contributed by atoms with van der Waals surface area (Å²) >= 11 is 0. The number of nitrogens with one attached hydrogen (secondary N) is 1. The number of ether oxygens (including phenoxy) is 3. The molecule has 0 fully saturated rings. The predicted molar refractivity (Wildman–Crippen MR) is 99.2 cm³/mol. The summed E-state index contributed by atoms with van der Waals surface area (Å²) in [5.41, 5.74) is 0.692. The standard InChI is InChI=1S/C20H23NO6/c1-25-15-9-7-14(8-10-15)16(13-20(23)24)21-19(22)11-12-27-18-6-4-3-5-17(18)26-2/h3-10,16H,11-13H2,1-2H3,(H,21,22)(H,23,24). The van der Waals surface area contributed by atoms with Crippen molar-refractivity contribution in [2.24, 2.45) is 0 Å². The largest absolute Gasteiger partial charge is 0.497 e. The zero-order chi connectivity index (χ0) is 19.6. The summed E-state index contributed by atoms with van der Waals surface area (Å²) < 4.78 is 15.9. The van der Waals surface area contributed by atoms with E-state index < -0.39 is 12.0 Å². The van der Waals surface area contributed by atoms with E-state index in [4.69, 9.17) is 19.3 Å². The number of hydrogen-bond donors (Lipinski definition) is 2. The van der Waals surface area contributed by atoms with Crippen molar-refractivity contribution in [2.45, 2.75) is 18.9 Å². The minimum Gasteiger partial charge on any atom is -0.497 e. The lowest BCUT2D eigenvalue weighted by atomic mass is 10.0. The molecule has 27 heavy (non-hydrogen) atoms. The summed E-state index contributed by atoms with van der Waals surface area (Å²) in [7, 11) is 3.09. The first-order valence-electron chi connectivity index (χ1n) is 8.44. The summed E-state index contributed by atoms with van der Waals surface area (Å²) in [5.74, 6) is 0.489. The quantitative estimate of drug-likeness (QED) is 0.665. The highest BCUT2D eigenvalue weighted by atomic mass is 16.5. The third-order valence-corrected chi connectivity index (χ3v) is 3.89. The zero-order valence-electron chi connectivity index (χ0n) is 15.3. The van der Waals surface area contributed by atoms with Crippen LogP contribution in [0.1, 0.15) is 24.4 Å². The Morgan fingerprint density at radius 1 is 1.00 bits per heavy atom. The molecule has 2 N–H and O–H groups in total. The molecule has 144 valence electrons. The van der Waals surface area contributed by atoms with Gasteiger partial charge >= 0.3 is 5.97 Å². The molecule has 7 nitrogen and oxygen atoms in total. The van der Waals surface area contributed by atoms with Crippen molar-refractivity contribution in [3.63, 3.8) is 0 Å². The molecule has 0 aliphatic carbocycles. The number of benzene rings is 2. The van der Waals surface area contributed by atoms with Crippen molar-refractivity contribution in [2.75, 3.05) is 20.8 Å². The highest BCUT2D eigenvalue weighted by molar-refractivity contribution is 5.78. The molecule has 0 saturated heterocycles. The Morgan fingerprint density at radius 2 is 1.67 bits per heavy atom. The van der Waals surface area contributed by atoms with E-state index in [1.54, 1.807) is 50.6 Å². The van der Waals surface area contributed by atoms with Gasteiger partial charge in [-0.1, -0.05) is 24.3 Å². The molecular formula is C20H23NO6. The monoisotopic (exact) mass is 373 g/mol. The third-order valence-electron chi connectivity index (χ3n) is 3.89. The van der Waals surface area contributed by atoms with Crippen LogP contribution < -0.4 is 19.5 Å². The number of amides is 1. The Hall–Kier alpha value is -3.22. The SMILES string of the molecule is COc1ccc(C(CC(=O)O)NC(=O)CCOc2ccccc2OC)cc1. The van der Waals surface area contributed by atoms with E-state index in [-0.39, 0.29) is 25.4 Å². The number of carboxylic acid groups (broad SMARTS) is 1. The van der Waals surface area contributed by atoms with E-state index in [0.717, 1.165) is 0 Å². The van der Waals surface area contributed by atoms with E-state index >= 15 is 0 Å². The molecule has 7 heteroatoms. The maximum absolute atomic E-state index is 12.2. The summed E-state index contributed by atoms with van der Waals surface area (Å²) in [6.45, 7) is 0.147. The molecule has 0 aliphatic rings. The van der Waals surface area contributed by atoms with Gasteiger partial charge in [-0.15, -0.1) is 0 Å². The second-order valence-corrected chi connectivity index (χ2v) is 5.74. The van der Waals surface area contributed by atoms with Crippen molar-refractivity contribution in [3.8, 4) is 17.2 Å². The molecular weight excluding hydrogens is 350 g/mol. The van der Waals surface area contributed by atoms with Crippen LogP contribution in [0.4, 0.5) is 0 Å². The van der Waals surface area contributed by atoms with Gasteiger partial charge in [-0.3, -0.25) is 9.59 Å². The van der Waals surface area contributed by atoms with Crippen LogP contribution in [-0.4, -0.2) is 37.8 Å². The maximum Gasteiger partial charge on any atom is 0.305 e. The minimum atomic E-state index is -0.999. The molecule has 1 atom stereocenters. The lowest BCUT2D eigenvalue weighted by Crippen LogP contribution is -2.31.